The van der Waals surface area contributed by atoms with Crippen LogP contribution < -0.4 is 31.2 Å². The number of nitrogens with one attached hydrogen (secondary N) is 3. The zero-order valence-electron chi connectivity index (χ0n) is 47.5. The second-order valence-corrected chi connectivity index (χ2v) is 22.1. The van der Waals surface area contributed by atoms with Gasteiger partial charge in [-0.3, -0.25) is 28.7 Å². The van der Waals surface area contributed by atoms with Crippen LogP contribution in [0.4, 0.5) is 10.2 Å². The zero-order chi connectivity index (χ0) is 57.4. The fraction of sp³-hybridized carbons (Fsp3) is 0.483. The lowest BCUT2D eigenvalue weighted by Gasteiger charge is -2.41. The number of pyridine rings is 1. The molecule has 428 valence electrons. The van der Waals surface area contributed by atoms with Crippen molar-refractivity contribution in [2.24, 2.45) is 5.41 Å². The topological polar surface area (TPSA) is 225 Å². The van der Waals surface area contributed by atoms with E-state index in [2.05, 4.69) is 33.1 Å². The van der Waals surface area contributed by atoms with E-state index in [-0.39, 0.29) is 93.9 Å². The minimum absolute atomic E-state index is 0.122. The second-order valence-electron chi connectivity index (χ2n) is 22.1. The molecule has 2 aromatic heterocycles. The Kier molecular flexibility index (Phi) is 18.9. The number of aryl methyl sites for hydroxylation is 2. The summed E-state index contributed by atoms with van der Waals surface area (Å²) in [5.74, 6) is -0.789. The molecule has 8 rings (SSSR count). The van der Waals surface area contributed by atoms with Crippen LogP contribution in [-0.4, -0.2) is 138 Å². The average molecular weight is 1100 g/mol. The highest BCUT2D eigenvalue weighted by molar-refractivity contribution is 5.96. The van der Waals surface area contributed by atoms with Crippen LogP contribution in [-0.2, 0) is 61.1 Å². The van der Waals surface area contributed by atoms with E-state index in [1.165, 1.54) is 23.8 Å². The summed E-state index contributed by atoms with van der Waals surface area (Å²) in [6.07, 6.45) is 4.07. The van der Waals surface area contributed by atoms with Gasteiger partial charge in [-0.2, -0.15) is 5.10 Å². The predicted molar refractivity (Wildman–Crippen MR) is 300 cm³/mol. The number of nitrogens with two attached hydrogens (primary N) is 1. The van der Waals surface area contributed by atoms with Crippen molar-refractivity contribution >= 4 is 35.4 Å². The molecule has 80 heavy (non-hydrogen) atoms. The molecular weight excluding hydrogens is 1020 g/mol. The number of ether oxygens (including phenoxy) is 4. The largest absolute Gasteiger partial charge is 0.491 e. The molecule has 1 aliphatic carbocycles. The second kappa shape index (κ2) is 25.8. The quantitative estimate of drug-likeness (QED) is 0.0673. The number of likely N-dealkylation sites (N-methyl/N-ethyl adjacent to an activating group) is 2. The Hall–Kier alpha value is -7.42. The average Bonchev–Trinajstić information content (AvgIpc) is 3.85. The lowest BCUT2D eigenvalue weighted by molar-refractivity contribution is -0.147. The van der Waals surface area contributed by atoms with Gasteiger partial charge >= 0.3 is 0 Å². The van der Waals surface area contributed by atoms with E-state index in [1.54, 1.807) is 66.6 Å². The van der Waals surface area contributed by atoms with E-state index in [4.69, 9.17) is 29.8 Å². The van der Waals surface area contributed by atoms with E-state index in [0.29, 0.717) is 53.4 Å². The third-order valence-corrected chi connectivity index (χ3v) is 15.3. The third-order valence-electron chi connectivity index (χ3n) is 15.3. The number of nitrogens with zero attached hydrogens (tertiary/aromatic N) is 6. The fourth-order valence-electron chi connectivity index (χ4n) is 10.6. The molecule has 5 amide bonds. The van der Waals surface area contributed by atoms with Crippen LogP contribution in [0.3, 0.4) is 0 Å². The first kappa shape index (κ1) is 58.7. The number of anilines is 1. The number of halogens is 1. The van der Waals surface area contributed by atoms with Gasteiger partial charge in [-0.15, -0.1) is 0 Å². The normalized spacial score (nSPS) is 17.7. The summed E-state index contributed by atoms with van der Waals surface area (Å²) in [5.41, 5.74) is 13.2. The summed E-state index contributed by atoms with van der Waals surface area (Å²) in [5, 5.41) is 14.1. The van der Waals surface area contributed by atoms with Gasteiger partial charge in [0.2, 0.25) is 23.6 Å². The number of fused-ring (bicyclic) bond motifs is 7. The van der Waals surface area contributed by atoms with Crippen molar-refractivity contribution in [3.8, 4) is 22.6 Å². The fourth-order valence-corrected chi connectivity index (χ4v) is 10.6. The molecule has 2 aliphatic heterocycles. The van der Waals surface area contributed by atoms with Gasteiger partial charge in [0.25, 0.3) is 5.91 Å². The molecule has 0 radical (unpaired) electrons. The maximum absolute atomic E-state index is 14.7. The van der Waals surface area contributed by atoms with Crippen molar-refractivity contribution in [2.75, 3.05) is 66.5 Å². The van der Waals surface area contributed by atoms with Crippen molar-refractivity contribution < 1.29 is 47.3 Å². The monoisotopic (exact) mass is 1100 g/mol. The van der Waals surface area contributed by atoms with Crippen LogP contribution in [0.15, 0.2) is 72.9 Å². The Balaban J connectivity index is 0.818. The first-order valence-electron chi connectivity index (χ1n) is 27.6. The molecule has 5 aromatic rings. The Bertz CT molecular complexity index is 3070. The lowest BCUT2D eigenvalue weighted by atomic mass is 9.83. The SMILES string of the molecule is CN[C@H](C)C(=O)N[C@@H](C(=O)N1Cc2cc(OCCOCCOCCC(=O)N(C)CCn3nc(C)c4c3CN(C)C(=O)c3ccc(F)cc3[C@@H](C)Oc3cc-4cnc3N)ccc2C[C@@H]1C(=O)N[C@H]1CCCc2ccccc21)C(C)(C)C. The Morgan fingerprint density at radius 1 is 0.950 bits per heavy atom. The van der Waals surface area contributed by atoms with Gasteiger partial charge < -0.3 is 55.3 Å². The summed E-state index contributed by atoms with van der Waals surface area (Å²) < 4.78 is 40.2. The number of hydrogen-bond acceptors (Lipinski definition) is 13. The summed E-state index contributed by atoms with van der Waals surface area (Å²) >= 11 is 0. The van der Waals surface area contributed by atoms with Gasteiger partial charge in [-0.1, -0.05) is 51.1 Å². The third kappa shape index (κ3) is 13.8. The highest BCUT2D eigenvalue weighted by Crippen LogP contribution is 2.37. The van der Waals surface area contributed by atoms with E-state index < -0.39 is 35.5 Å². The molecule has 0 unspecified atom stereocenters. The van der Waals surface area contributed by atoms with Gasteiger partial charge in [-0.25, -0.2) is 9.37 Å². The van der Waals surface area contributed by atoms with E-state index in [0.717, 1.165) is 47.2 Å². The number of amides is 5. The summed E-state index contributed by atoms with van der Waals surface area (Å²) in [4.78, 5) is 78.7. The number of nitrogen functional groups attached to an aromatic ring is 1. The molecule has 19 nitrogen and oxygen atoms in total. The summed E-state index contributed by atoms with van der Waals surface area (Å²) in [7, 11) is 5.09. The molecule has 0 spiro atoms. The maximum atomic E-state index is 14.7. The van der Waals surface area contributed by atoms with Crippen molar-refractivity contribution in [1.82, 2.24) is 45.4 Å². The van der Waals surface area contributed by atoms with Crippen LogP contribution in [0.25, 0.3) is 11.1 Å². The first-order chi connectivity index (χ1) is 38.2. The molecule has 3 aliphatic rings. The molecule has 20 heteroatoms. The van der Waals surface area contributed by atoms with E-state index >= 15 is 0 Å². The van der Waals surface area contributed by atoms with Gasteiger partial charge in [-0.05, 0) is 111 Å². The van der Waals surface area contributed by atoms with Crippen LogP contribution in [0, 0.1) is 18.2 Å². The van der Waals surface area contributed by atoms with Crippen LogP contribution in [0.2, 0.25) is 0 Å². The Labute approximate surface area is 468 Å². The number of hydrogen-bond donors (Lipinski definition) is 4. The van der Waals surface area contributed by atoms with Gasteiger partial charge in [0.05, 0.1) is 69.4 Å². The van der Waals surface area contributed by atoms with E-state index in [9.17, 15) is 28.4 Å². The standard InChI is InChI=1S/C60H77FN10O9/c1-36-53-41-31-51(55(62)64-33-41)80-38(3)47-32-43(61)18-20-46(47)58(75)69(9)35-50(53)71(67-36)23-22-68(8)52(72)21-24-77-25-26-78-27-28-79-44-19-17-40-30-49(57(74)65-48-16-12-14-39-13-10-11-15-45(39)48)70(34-42(40)29-44)59(76)54(60(4,5)6)66-56(73)37(2)63-7/h10-11,13,15,17-20,29,31-33,37-38,48-49,54,63H,12,14,16,21-28,30,34-35H2,1-9H3,(H2,62,64)(H,65,74)(H,66,73)/t37-,38-,48+,49-,54+/m1/s1. The van der Waals surface area contributed by atoms with E-state index in [1.807, 2.05) is 58.0 Å². The van der Waals surface area contributed by atoms with Crippen molar-refractivity contribution in [3.63, 3.8) is 0 Å². The highest BCUT2D eigenvalue weighted by Gasteiger charge is 2.43. The molecule has 3 aromatic carbocycles. The molecule has 0 saturated carbocycles. The number of rotatable bonds is 19. The Morgan fingerprint density at radius 2 is 1.70 bits per heavy atom. The van der Waals surface area contributed by atoms with Crippen molar-refractivity contribution in [2.45, 2.75) is 124 Å². The minimum atomic E-state index is -0.902. The first-order valence-corrected chi connectivity index (χ1v) is 27.6. The number of carbonyl (C=O) groups is 5. The lowest BCUT2D eigenvalue weighted by Crippen LogP contribution is -2.62. The highest BCUT2D eigenvalue weighted by atomic mass is 19.1. The molecule has 0 saturated heterocycles. The number of carbonyl (C=O) groups excluding carboxylic acids is 5. The number of benzene rings is 3. The molecule has 0 fully saturated rings. The summed E-state index contributed by atoms with van der Waals surface area (Å²) in [6, 6.07) is 17.3. The predicted octanol–water partition coefficient (Wildman–Crippen LogP) is 6.25. The Morgan fingerprint density at radius 3 is 2.46 bits per heavy atom. The number of aromatic nitrogens is 3. The minimum Gasteiger partial charge on any atom is -0.491 e. The van der Waals surface area contributed by atoms with Gasteiger partial charge in [0.1, 0.15) is 36.4 Å². The molecule has 5 N–H and O–H groups in total. The van der Waals surface area contributed by atoms with Crippen molar-refractivity contribution in [1.29, 1.82) is 0 Å². The van der Waals surface area contributed by atoms with Crippen LogP contribution in [0.1, 0.15) is 116 Å². The van der Waals surface area contributed by atoms with Gasteiger partial charge in [0, 0.05) is 62.1 Å². The molecule has 2 bridgehead atoms. The zero-order valence-corrected chi connectivity index (χ0v) is 47.5. The smallest absolute Gasteiger partial charge is 0.254 e. The molecule has 4 heterocycles. The van der Waals surface area contributed by atoms with Crippen molar-refractivity contribution in [3.05, 3.63) is 124 Å². The molecule has 5 atom stereocenters. The summed E-state index contributed by atoms with van der Waals surface area (Å²) in [6.45, 7) is 13.3. The molecular formula is C60H77FN10O9. The van der Waals surface area contributed by atoms with Gasteiger partial charge in [0.15, 0.2) is 11.6 Å². The maximum Gasteiger partial charge on any atom is 0.254 e. The van der Waals surface area contributed by atoms with Crippen LogP contribution in [0.5, 0.6) is 11.5 Å². The van der Waals surface area contributed by atoms with Crippen LogP contribution >= 0.6 is 0 Å².